The zero-order valence-corrected chi connectivity index (χ0v) is 11.9. The Hall–Kier alpha value is -1.56. The molecule has 1 aromatic carbocycles. The van der Waals surface area contributed by atoms with Crippen LogP contribution in [0, 0.1) is 0 Å². The molecule has 0 heterocycles. The van der Waals surface area contributed by atoms with Gasteiger partial charge in [0.15, 0.2) is 0 Å². The van der Waals surface area contributed by atoms with E-state index in [2.05, 4.69) is 10.0 Å². The van der Waals surface area contributed by atoms with Gasteiger partial charge in [-0.2, -0.15) is 0 Å². The van der Waals surface area contributed by atoms with Crippen molar-refractivity contribution in [3.63, 3.8) is 0 Å². The SMILES string of the molecule is CNC(=O)C1(c2ccc(NS(C)(=O)=O)cc2)CCC1. The number of nitrogens with one attached hydrogen (secondary N) is 2. The van der Waals surface area contributed by atoms with Crippen molar-refractivity contribution >= 4 is 21.6 Å². The molecule has 0 saturated heterocycles. The van der Waals surface area contributed by atoms with E-state index >= 15 is 0 Å². The van der Waals surface area contributed by atoms with Crippen molar-refractivity contribution in [1.29, 1.82) is 0 Å². The van der Waals surface area contributed by atoms with Crippen LogP contribution in [0.5, 0.6) is 0 Å². The van der Waals surface area contributed by atoms with Gasteiger partial charge in [0.25, 0.3) is 0 Å². The monoisotopic (exact) mass is 282 g/mol. The summed E-state index contributed by atoms with van der Waals surface area (Å²) < 4.78 is 24.7. The average molecular weight is 282 g/mol. The second-order valence-corrected chi connectivity index (χ2v) is 6.71. The number of rotatable bonds is 4. The number of hydrogen-bond acceptors (Lipinski definition) is 3. The standard InChI is InChI=1S/C13H18N2O3S/c1-14-12(16)13(8-3-9-13)10-4-6-11(7-5-10)15-19(2,17)18/h4-7,15H,3,8-9H2,1-2H3,(H,14,16). The van der Waals surface area contributed by atoms with Gasteiger partial charge in [0.05, 0.1) is 11.7 Å². The zero-order chi connectivity index (χ0) is 14.1. The summed E-state index contributed by atoms with van der Waals surface area (Å²) in [5.74, 6) is 0.0302. The highest BCUT2D eigenvalue weighted by Crippen LogP contribution is 2.44. The van der Waals surface area contributed by atoms with Crippen LogP contribution in [0.15, 0.2) is 24.3 Å². The molecule has 0 atom stereocenters. The Kier molecular flexibility index (Phi) is 3.54. The van der Waals surface area contributed by atoms with Gasteiger partial charge in [-0.05, 0) is 30.5 Å². The molecule has 6 heteroatoms. The van der Waals surface area contributed by atoms with Crippen LogP contribution in [0.4, 0.5) is 5.69 Å². The molecular weight excluding hydrogens is 264 g/mol. The Morgan fingerprint density at radius 2 is 1.79 bits per heavy atom. The molecule has 5 nitrogen and oxygen atoms in total. The van der Waals surface area contributed by atoms with Crippen molar-refractivity contribution in [2.75, 3.05) is 18.0 Å². The number of carbonyl (C=O) groups excluding carboxylic acids is 1. The molecule has 19 heavy (non-hydrogen) atoms. The largest absolute Gasteiger partial charge is 0.358 e. The summed E-state index contributed by atoms with van der Waals surface area (Å²) in [7, 11) is -1.63. The van der Waals surface area contributed by atoms with E-state index in [1.54, 1.807) is 19.2 Å². The van der Waals surface area contributed by atoms with Gasteiger partial charge < -0.3 is 5.32 Å². The molecule has 1 fully saturated rings. The van der Waals surface area contributed by atoms with Crippen molar-refractivity contribution in [1.82, 2.24) is 5.32 Å². The summed E-state index contributed by atoms with van der Waals surface area (Å²) in [6.07, 6.45) is 3.83. The highest BCUT2D eigenvalue weighted by atomic mass is 32.2. The molecule has 0 spiro atoms. The van der Waals surface area contributed by atoms with E-state index in [0.29, 0.717) is 5.69 Å². The molecule has 0 radical (unpaired) electrons. The lowest BCUT2D eigenvalue weighted by Gasteiger charge is -2.40. The van der Waals surface area contributed by atoms with Gasteiger partial charge in [-0.3, -0.25) is 9.52 Å². The molecule has 2 rings (SSSR count). The maximum atomic E-state index is 12.0. The first kappa shape index (κ1) is 13.9. The fourth-order valence-corrected chi connectivity index (χ4v) is 3.05. The third kappa shape index (κ3) is 2.73. The molecule has 1 aromatic rings. The molecule has 0 aromatic heterocycles. The van der Waals surface area contributed by atoms with Crippen molar-refractivity contribution in [2.45, 2.75) is 24.7 Å². The molecule has 0 bridgehead atoms. The summed E-state index contributed by atoms with van der Waals surface area (Å²) >= 11 is 0. The summed E-state index contributed by atoms with van der Waals surface area (Å²) in [5.41, 5.74) is 1.02. The topological polar surface area (TPSA) is 75.3 Å². The second kappa shape index (κ2) is 4.85. The van der Waals surface area contributed by atoms with E-state index in [0.717, 1.165) is 31.1 Å². The van der Waals surface area contributed by atoms with Crippen LogP contribution < -0.4 is 10.0 Å². The highest BCUT2D eigenvalue weighted by molar-refractivity contribution is 7.92. The summed E-state index contributed by atoms with van der Waals surface area (Å²) in [6, 6.07) is 7.03. The molecule has 1 amide bonds. The Bertz CT molecular complexity index is 574. The van der Waals surface area contributed by atoms with E-state index < -0.39 is 15.4 Å². The van der Waals surface area contributed by atoms with Crippen LogP contribution in [0.2, 0.25) is 0 Å². The van der Waals surface area contributed by atoms with Crippen LogP contribution in [0.1, 0.15) is 24.8 Å². The van der Waals surface area contributed by atoms with E-state index in [1.165, 1.54) is 0 Å². The van der Waals surface area contributed by atoms with E-state index in [9.17, 15) is 13.2 Å². The number of anilines is 1. The normalized spacial score (nSPS) is 17.4. The van der Waals surface area contributed by atoms with Crippen molar-refractivity contribution in [3.05, 3.63) is 29.8 Å². The molecule has 2 N–H and O–H groups in total. The van der Waals surface area contributed by atoms with Gasteiger partial charge >= 0.3 is 0 Å². The summed E-state index contributed by atoms with van der Waals surface area (Å²) in [4.78, 5) is 12.0. The first-order valence-corrected chi connectivity index (χ1v) is 8.07. The minimum Gasteiger partial charge on any atom is -0.358 e. The van der Waals surface area contributed by atoms with Crippen molar-refractivity contribution < 1.29 is 13.2 Å². The van der Waals surface area contributed by atoms with Crippen LogP contribution in [-0.4, -0.2) is 27.6 Å². The van der Waals surface area contributed by atoms with Gasteiger partial charge in [-0.25, -0.2) is 8.42 Å². The maximum absolute atomic E-state index is 12.0. The van der Waals surface area contributed by atoms with E-state index in [4.69, 9.17) is 0 Å². The lowest BCUT2D eigenvalue weighted by molar-refractivity contribution is -0.129. The maximum Gasteiger partial charge on any atom is 0.230 e. The smallest absolute Gasteiger partial charge is 0.230 e. The number of carbonyl (C=O) groups is 1. The van der Waals surface area contributed by atoms with Crippen LogP contribution in [0.3, 0.4) is 0 Å². The highest BCUT2D eigenvalue weighted by Gasteiger charge is 2.44. The summed E-state index contributed by atoms with van der Waals surface area (Å²) in [5, 5.41) is 2.71. The fraction of sp³-hybridized carbons (Fsp3) is 0.462. The fourth-order valence-electron chi connectivity index (χ4n) is 2.49. The van der Waals surface area contributed by atoms with Gasteiger partial charge in [0, 0.05) is 12.7 Å². The molecule has 1 aliphatic rings. The first-order valence-electron chi connectivity index (χ1n) is 6.18. The van der Waals surface area contributed by atoms with Gasteiger partial charge in [-0.1, -0.05) is 18.6 Å². The van der Waals surface area contributed by atoms with Crippen LogP contribution in [-0.2, 0) is 20.2 Å². The third-order valence-electron chi connectivity index (χ3n) is 3.61. The minimum absolute atomic E-state index is 0.0302. The minimum atomic E-state index is -3.27. The predicted octanol–water partition coefficient (Wildman–Crippen LogP) is 1.23. The van der Waals surface area contributed by atoms with Gasteiger partial charge in [-0.15, -0.1) is 0 Å². The lowest BCUT2D eigenvalue weighted by atomic mass is 9.64. The molecule has 1 aliphatic carbocycles. The molecule has 0 aliphatic heterocycles. The average Bonchev–Trinajstić information content (AvgIpc) is 2.27. The van der Waals surface area contributed by atoms with Gasteiger partial charge in [0.2, 0.25) is 15.9 Å². The Morgan fingerprint density at radius 3 is 2.16 bits per heavy atom. The summed E-state index contributed by atoms with van der Waals surface area (Å²) in [6.45, 7) is 0. The van der Waals surface area contributed by atoms with Crippen molar-refractivity contribution in [2.24, 2.45) is 0 Å². The quantitative estimate of drug-likeness (QED) is 0.872. The second-order valence-electron chi connectivity index (χ2n) is 4.97. The number of hydrogen-bond donors (Lipinski definition) is 2. The van der Waals surface area contributed by atoms with E-state index in [-0.39, 0.29) is 5.91 Å². The Morgan fingerprint density at radius 1 is 1.21 bits per heavy atom. The predicted molar refractivity (Wildman–Crippen MR) is 74.5 cm³/mol. The number of likely N-dealkylation sites (N-methyl/N-ethyl adjacent to an activating group) is 1. The zero-order valence-electron chi connectivity index (χ0n) is 11.1. The first-order chi connectivity index (χ1) is 8.87. The van der Waals surface area contributed by atoms with Crippen LogP contribution in [0.25, 0.3) is 0 Å². The molecule has 0 unspecified atom stereocenters. The molecule has 104 valence electrons. The Balaban J connectivity index is 2.25. The number of sulfonamides is 1. The third-order valence-corrected chi connectivity index (χ3v) is 4.22. The van der Waals surface area contributed by atoms with Crippen LogP contribution >= 0.6 is 0 Å². The molecule has 1 saturated carbocycles. The number of amides is 1. The molecular formula is C13H18N2O3S. The number of benzene rings is 1. The van der Waals surface area contributed by atoms with E-state index in [1.807, 2.05) is 12.1 Å². The lowest BCUT2D eigenvalue weighted by Crippen LogP contribution is -2.48. The Labute approximate surface area is 113 Å². The van der Waals surface area contributed by atoms with Gasteiger partial charge in [0.1, 0.15) is 0 Å². The van der Waals surface area contributed by atoms with Crippen molar-refractivity contribution in [3.8, 4) is 0 Å².